The van der Waals surface area contributed by atoms with Gasteiger partial charge in [-0.05, 0) is 6.92 Å². The summed E-state index contributed by atoms with van der Waals surface area (Å²) in [5.41, 5.74) is 5.48. The average Bonchev–Trinajstić information content (AvgIpc) is 2.97. The van der Waals surface area contributed by atoms with Gasteiger partial charge in [0, 0.05) is 17.3 Å². The van der Waals surface area contributed by atoms with Crippen LogP contribution in [-0.2, 0) is 0 Å². The van der Waals surface area contributed by atoms with Crippen LogP contribution in [0.1, 0.15) is 5.69 Å². The fourth-order valence-corrected chi connectivity index (χ4v) is 2.92. The molecule has 0 atom stereocenters. The van der Waals surface area contributed by atoms with Crippen LogP contribution in [0.5, 0.6) is 5.88 Å². The largest absolute Gasteiger partial charge is 0.481 e. The van der Waals surface area contributed by atoms with Crippen molar-refractivity contribution in [2.75, 3.05) is 7.11 Å². The van der Waals surface area contributed by atoms with Gasteiger partial charge < -0.3 is 4.74 Å². The summed E-state index contributed by atoms with van der Waals surface area (Å²) >= 11 is 0. The zero-order chi connectivity index (χ0) is 16.5. The molecule has 4 nitrogen and oxygen atoms in total. The van der Waals surface area contributed by atoms with Gasteiger partial charge in [0.1, 0.15) is 11.4 Å². The summed E-state index contributed by atoms with van der Waals surface area (Å²) in [5, 5.41) is 0. The highest BCUT2D eigenvalue weighted by Gasteiger charge is 2.16. The maximum absolute atomic E-state index is 5.55. The molecule has 24 heavy (non-hydrogen) atoms. The number of fused-ring (bicyclic) bond motifs is 1. The van der Waals surface area contributed by atoms with E-state index in [1.165, 1.54) is 0 Å². The molecule has 0 bridgehead atoms. The SMILES string of the molecule is COc1c(C)nc2c(-c3ccccc3)nc(-c3ccccc3)cn12. The van der Waals surface area contributed by atoms with Crippen molar-refractivity contribution in [3.05, 3.63) is 72.6 Å². The summed E-state index contributed by atoms with van der Waals surface area (Å²) in [5.74, 6) is 0.738. The Morgan fingerprint density at radius 2 is 1.46 bits per heavy atom. The smallest absolute Gasteiger partial charge is 0.221 e. The molecule has 4 heteroatoms. The molecular weight excluding hydrogens is 298 g/mol. The number of methoxy groups -OCH3 is 1. The second kappa shape index (κ2) is 5.81. The van der Waals surface area contributed by atoms with Gasteiger partial charge in [0.25, 0.3) is 0 Å². The van der Waals surface area contributed by atoms with E-state index in [-0.39, 0.29) is 0 Å². The lowest BCUT2D eigenvalue weighted by Gasteiger charge is -2.09. The van der Waals surface area contributed by atoms with Crippen LogP contribution in [-0.4, -0.2) is 21.5 Å². The Bertz CT molecular complexity index is 992. The number of aromatic nitrogens is 3. The first-order chi connectivity index (χ1) is 11.8. The van der Waals surface area contributed by atoms with Gasteiger partial charge in [0.05, 0.1) is 12.8 Å². The molecule has 0 aliphatic carbocycles. The van der Waals surface area contributed by atoms with Crippen molar-refractivity contribution in [2.24, 2.45) is 0 Å². The third kappa shape index (κ3) is 2.33. The van der Waals surface area contributed by atoms with Gasteiger partial charge >= 0.3 is 0 Å². The van der Waals surface area contributed by atoms with Crippen molar-refractivity contribution in [1.29, 1.82) is 0 Å². The minimum absolute atomic E-state index is 0.738. The van der Waals surface area contributed by atoms with Crippen molar-refractivity contribution < 1.29 is 4.74 Å². The number of hydrogen-bond donors (Lipinski definition) is 0. The molecule has 2 aromatic heterocycles. The van der Waals surface area contributed by atoms with E-state index in [9.17, 15) is 0 Å². The molecule has 0 saturated carbocycles. The van der Waals surface area contributed by atoms with Crippen LogP contribution in [0.4, 0.5) is 0 Å². The van der Waals surface area contributed by atoms with E-state index in [2.05, 4.69) is 17.1 Å². The first-order valence-corrected chi connectivity index (χ1v) is 7.82. The summed E-state index contributed by atoms with van der Waals surface area (Å²) < 4.78 is 7.53. The molecule has 2 aromatic carbocycles. The summed E-state index contributed by atoms with van der Waals surface area (Å²) in [7, 11) is 1.67. The predicted molar refractivity (Wildman–Crippen MR) is 95.1 cm³/mol. The summed E-state index contributed by atoms with van der Waals surface area (Å²) in [6.07, 6.45) is 1.98. The van der Waals surface area contributed by atoms with Crippen molar-refractivity contribution in [2.45, 2.75) is 6.92 Å². The highest BCUT2D eigenvalue weighted by Crippen LogP contribution is 2.30. The Morgan fingerprint density at radius 1 is 0.833 bits per heavy atom. The van der Waals surface area contributed by atoms with Crippen LogP contribution in [0.2, 0.25) is 0 Å². The topological polar surface area (TPSA) is 39.4 Å². The molecule has 0 radical (unpaired) electrons. The second-order valence-corrected chi connectivity index (χ2v) is 5.61. The Labute approximate surface area is 140 Å². The third-order valence-electron chi connectivity index (χ3n) is 4.04. The minimum atomic E-state index is 0.738. The molecule has 0 aliphatic heterocycles. The van der Waals surface area contributed by atoms with Crippen molar-refractivity contribution in [3.63, 3.8) is 0 Å². The van der Waals surface area contributed by atoms with E-state index < -0.39 is 0 Å². The number of ether oxygens (including phenoxy) is 1. The fraction of sp³-hybridized carbons (Fsp3) is 0.100. The van der Waals surface area contributed by atoms with Gasteiger partial charge in [0.2, 0.25) is 5.88 Å². The van der Waals surface area contributed by atoms with E-state index in [1.807, 2.05) is 66.1 Å². The Kier molecular flexibility index (Phi) is 3.50. The highest BCUT2D eigenvalue weighted by molar-refractivity contribution is 5.77. The number of rotatable bonds is 3. The zero-order valence-corrected chi connectivity index (χ0v) is 13.6. The van der Waals surface area contributed by atoms with Crippen LogP contribution in [0.3, 0.4) is 0 Å². The van der Waals surface area contributed by atoms with Crippen LogP contribution < -0.4 is 4.74 Å². The highest BCUT2D eigenvalue weighted by atomic mass is 16.5. The van der Waals surface area contributed by atoms with Crippen LogP contribution >= 0.6 is 0 Å². The first-order valence-electron chi connectivity index (χ1n) is 7.82. The maximum atomic E-state index is 5.55. The molecule has 0 fully saturated rings. The molecule has 0 unspecified atom stereocenters. The lowest BCUT2D eigenvalue weighted by molar-refractivity contribution is 0.391. The molecule has 0 amide bonds. The monoisotopic (exact) mass is 315 g/mol. The van der Waals surface area contributed by atoms with E-state index in [4.69, 9.17) is 9.72 Å². The fourth-order valence-electron chi connectivity index (χ4n) is 2.92. The standard InChI is InChI=1S/C20H17N3O/c1-14-20(24-2)23-13-17(15-9-5-3-6-10-15)22-18(19(23)21-14)16-11-7-4-8-12-16/h3-13H,1-2H3. The Balaban J connectivity index is 2.06. The molecule has 4 rings (SSSR count). The zero-order valence-electron chi connectivity index (χ0n) is 13.6. The quantitative estimate of drug-likeness (QED) is 0.563. The summed E-state index contributed by atoms with van der Waals surface area (Å²) in [6, 6.07) is 20.3. The number of nitrogens with zero attached hydrogens (tertiary/aromatic N) is 3. The van der Waals surface area contributed by atoms with E-state index in [0.29, 0.717) is 0 Å². The minimum Gasteiger partial charge on any atom is -0.481 e. The van der Waals surface area contributed by atoms with Gasteiger partial charge in [-0.2, -0.15) is 0 Å². The predicted octanol–water partition coefficient (Wildman–Crippen LogP) is 4.38. The molecule has 0 N–H and O–H groups in total. The number of hydrogen-bond acceptors (Lipinski definition) is 3. The molecule has 0 saturated heterocycles. The molecule has 118 valence electrons. The second-order valence-electron chi connectivity index (χ2n) is 5.61. The van der Waals surface area contributed by atoms with Gasteiger partial charge in [-0.3, -0.25) is 4.40 Å². The van der Waals surface area contributed by atoms with Gasteiger partial charge in [-0.15, -0.1) is 0 Å². The Morgan fingerprint density at radius 3 is 2.08 bits per heavy atom. The number of benzene rings is 2. The first kappa shape index (κ1) is 14.5. The van der Waals surface area contributed by atoms with E-state index in [1.54, 1.807) is 7.11 Å². The van der Waals surface area contributed by atoms with Crippen molar-refractivity contribution in [3.8, 4) is 28.4 Å². The molecule has 0 aliphatic rings. The molecular formula is C20H17N3O. The number of aryl methyl sites for hydroxylation is 1. The third-order valence-corrected chi connectivity index (χ3v) is 4.04. The van der Waals surface area contributed by atoms with E-state index >= 15 is 0 Å². The average molecular weight is 315 g/mol. The van der Waals surface area contributed by atoms with Gasteiger partial charge in [-0.1, -0.05) is 60.7 Å². The number of imidazole rings is 1. The van der Waals surface area contributed by atoms with Gasteiger partial charge in [0.15, 0.2) is 5.65 Å². The lowest BCUT2D eigenvalue weighted by atomic mass is 10.1. The summed E-state index contributed by atoms with van der Waals surface area (Å²) in [6.45, 7) is 1.95. The maximum Gasteiger partial charge on any atom is 0.221 e. The summed E-state index contributed by atoms with van der Waals surface area (Å²) in [4.78, 5) is 9.56. The van der Waals surface area contributed by atoms with Crippen molar-refractivity contribution >= 4 is 5.65 Å². The Hall–Kier alpha value is -3.14. The van der Waals surface area contributed by atoms with Crippen LogP contribution in [0.25, 0.3) is 28.2 Å². The molecule has 0 spiro atoms. The van der Waals surface area contributed by atoms with Crippen LogP contribution in [0.15, 0.2) is 66.9 Å². The van der Waals surface area contributed by atoms with E-state index in [0.717, 1.165) is 39.7 Å². The van der Waals surface area contributed by atoms with Gasteiger partial charge in [-0.25, -0.2) is 9.97 Å². The normalized spacial score (nSPS) is 10.9. The lowest BCUT2D eigenvalue weighted by Crippen LogP contribution is -1.98. The van der Waals surface area contributed by atoms with Crippen molar-refractivity contribution in [1.82, 2.24) is 14.4 Å². The molecule has 2 heterocycles. The van der Waals surface area contributed by atoms with Crippen LogP contribution in [0, 0.1) is 6.92 Å². The molecule has 4 aromatic rings.